The average Bonchev–Trinajstić information content (AvgIpc) is 2.32. The first-order chi connectivity index (χ1) is 8.97. The highest BCUT2D eigenvalue weighted by atomic mass is 19.1. The number of hydrogen-bond donors (Lipinski definition) is 2. The lowest BCUT2D eigenvalue weighted by Crippen LogP contribution is -2.40. The third-order valence-electron chi connectivity index (χ3n) is 2.75. The number of nitrogens with zero attached hydrogens (tertiary/aromatic N) is 1. The zero-order chi connectivity index (χ0) is 14.4. The molecule has 0 fully saturated rings. The Hall–Kier alpha value is -1.69. The molecule has 1 rings (SSSR count). The summed E-state index contributed by atoms with van der Waals surface area (Å²) in [5, 5.41) is 5.16. The van der Waals surface area contributed by atoms with E-state index >= 15 is 0 Å². The molecule has 0 aliphatic heterocycles. The van der Waals surface area contributed by atoms with Gasteiger partial charge in [0, 0.05) is 18.7 Å². The number of hydrogen-bond acceptors (Lipinski definition) is 2. The second-order valence-corrected chi connectivity index (χ2v) is 4.36. The van der Waals surface area contributed by atoms with Gasteiger partial charge >= 0.3 is 6.03 Å². The van der Waals surface area contributed by atoms with E-state index in [1.807, 2.05) is 0 Å². The third-order valence-corrected chi connectivity index (χ3v) is 2.75. The highest BCUT2D eigenvalue weighted by molar-refractivity contribution is 5.73. The van der Waals surface area contributed by atoms with Crippen LogP contribution in [0.2, 0.25) is 0 Å². The van der Waals surface area contributed by atoms with Crippen molar-refractivity contribution in [1.82, 2.24) is 15.5 Å². The predicted molar refractivity (Wildman–Crippen MR) is 69.9 cm³/mol. The van der Waals surface area contributed by atoms with Crippen molar-refractivity contribution in [3.63, 3.8) is 0 Å². The van der Waals surface area contributed by atoms with Crippen molar-refractivity contribution in [1.29, 1.82) is 0 Å². The van der Waals surface area contributed by atoms with Crippen LogP contribution in [-0.2, 0) is 0 Å². The summed E-state index contributed by atoms with van der Waals surface area (Å²) in [6.07, 6.45) is 0. The van der Waals surface area contributed by atoms with Gasteiger partial charge in [0.2, 0.25) is 0 Å². The molecule has 0 bridgehead atoms. The Balaban J connectivity index is 2.86. The number of carbonyl (C=O) groups is 1. The Morgan fingerprint density at radius 1 is 1.26 bits per heavy atom. The van der Waals surface area contributed by atoms with Gasteiger partial charge < -0.3 is 15.5 Å². The molecule has 1 aromatic carbocycles. The fourth-order valence-electron chi connectivity index (χ4n) is 1.78. The molecule has 0 spiro atoms. The predicted octanol–water partition coefficient (Wildman–Crippen LogP) is 1.89. The van der Waals surface area contributed by atoms with E-state index in [4.69, 9.17) is 0 Å². The Bertz CT molecular complexity index is 418. The molecule has 0 saturated carbocycles. The van der Waals surface area contributed by atoms with Gasteiger partial charge in [-0.2, -0.15) is 0 Å². The Kier molecular flexibility index (Phi) is 5.69. The van der Waals surface area contributed by atoms with E-state index in [1.54, 1.807) is 25.9 Å². The number of urea groups is 1. The molecule has 19 heavy (non-hydrogen) atoms. The van der Waals surface area contributed by atoms with E-state index in [2.05, 4.69) is 10.6 Å². The minimum absolute atomic E-state index is 0.0377. The van der Waals surface area contributed by atoms with E-state index in [1.165, 1.54) is 18.2 Å². The van der Waals surface area contributed by atoms with Crippen LogP contribution in [-0.4, -0.2) is 38.1 Å². The lowest BCUT2D eigenvalue weighted by atomic mass is 10.0. The van der Waals surface area contributed by atoms with Gasteiger partial charge in [-0.25, -0.2) is 13.6 Å². The van der Waals surface area contributed by atoms with Gasteiger partial charge in [-0.15, -0.1) is 0 Å². The zero-order valence-electron chi connectivity index (χ0n) is 11.3. The molecule has 106 valence electrons. The Morgan fingerprint density at radius 3 is 2.32 bits per heavy atom. The number of rotatable bonds is 5. The van der Waals surface area contributed by atoms with Crippen molar-refractivity contribution < 1.29 is 13.6 Å². The summed E-state index contributed by atoms with van der Waals surface area (Å²) in [5.74, 6) is -1.23. The minimum Gasteiger partial charge on any atom is -0.338 e. The molecule has 1 atom stereocenters. The highest BCUT2D eigenvalue weighted by Gasteiger charge is 2.22. The van der Waals surface area contributed by atoms with Crippen LogP contribution in [0.5, 0.6) is 0 Å². The van der Waals surface area contributed by atoms with Gasteiger partial charge in [-0.1, -0.05) is 6.07 Å². The van der Waals surface area contributed by atoms with E-state index < -0.39 is 17.7 Å². The fraction of sp³-hybridized carbons (Fsp3) is 0.462. The molecular formula is C13H19F2N3O. The fourth-order valence-corrected chi connectivity index (χ4v) is 1.78. The van der Waals surface area contributed by atoms with Crippen molar-refractivity contribution in [2.24, 2.45) is 0 Å². The SMILES string of the molecule is CCNC(=O)NCC(c1c(F)cccc1F)N(C)C. The summed E-state index contributed by atoms with van der Waals surface area (Å²) >= 11 is 0. The number of carbonyl (C=O) groups excluding carboxylic acids is 1. The monoisotopic (exact) mass is 271 g/mol. The summed E-state index contributed by atoms with van der Waals surface area (Å²) < 4.78 is 27.5. The lowest BCUT2D eigenvalue weighted by molar-refractivity contribution is 0.231. The van der Waals surface area contributed by atoms with E-state index in [9.17, 15) is 13.6 Å². The molecule has 1 aromatic rings. The summed E-state index contributed by atoms with van der Waals surface area (Å²) in [6, 6.07) is 2.81. The standard InChI is InChI=1S/C13H19F2N3O/c1-4-16-13(19)17-8-11(18(2)3)12-9(14)6-5-7-10(12)15/h5-7,11H,4,8H2,1-3H3,(H2,16,17,19). The van der Waals surface area contributed by atoms with Gasteiger partial charge in [0.25, 0.3) is 0 Å². The molecule has 0 aliphatic carbocycles. The minimum atomic E-state index is -0.614. The number of halogens is 2. The van der Waals surface area contributed by atoms with Crippen molar-refractivity contribution in [2.45, 2.75) is 13.0 Å². The highest BCUT2D eigenvalue weighted by Crippen LogP contribution is 2.23. The number of benzene rings is 1. The van der Waals surface area contributed by atoms with Gasteiger partial charge in [0.15, 0.2) is 0 Å². The van der Waals surface area contributed by atoms with Crippen LogP contribution in [0.15, 0.2) is 18.2 Å². The van der Waals surface area contributed by atoms with Crippen molar-refractivity contribution in [2.75, 3.05) is 27.2 Å². The zero-order valence-corrected chi connectivity index (χ0v) is 11.3. The molecule has 4 nitrogen and oxygen atoms in total. The molecule has 1 unspecified atom stereocenters. The van der Waals surface area contributed by atoms with Crippen LogP contribution in [0.25, 0.3) is 0 Å². The van der Waals surface area contributed by atoms with Gasteiger partial charge in [0.1, 0.15) is 11.6 Å². The van der Waals surface area contributed by atoms with Crippen LogP contribution < -0.4 is 10.6 Å². The molecule has 2 amide bonds. The third kappa shape index (κ3) is 4.17. The van der Waals surface area contributed by atoms with Crippen molar-refractivity contribution >= 4 is 6.03 Å². The number of likely N-dealkylation sites (N-methyl/N-ethyl adjacent to an activating group) is 1. The van der Waals surface area contributed by atoms with Gasteiger partial charge in [-0.3, -0.25) is 0 Å². The smallest absolute Gasteiger partial charge is 0.314 e. The van der Waals surface area contributed by atoms with Crippen LogP contribution in [0.3, 0.4) is 0 Å². The number of amides is 2. The Morgan fingerprint density at radius 2 is 1.84 bits per heavy atom. The average molecular weight is 271 g/mol. The first kappa shape index (κ1) is 15.4. The first-order valence-electron chi connectivity index (χ1n) is 6.09. The van der Waals surface area contributed by atoms with Gasteiger partial charge in [0.05, 0.1) is 6.04 Å². The quantitative estimate of drug-likeness (QED) is 0.859. The Labute approximate surface area is 111 Å². The summed E-state index contributed by atoms with van der Waals surface area (Å²) in [7, 11) is 3.41. The van der Waals surface area contributed by atoms with Crippen LogP contribution >= 0.6 is 0 Å². The van der Waals surface area contributed by atoms with Crippen molar-refractivity contribution in [3.8, 4) is 0 Å². The maximum absolute atomic E-state index is 13.7. The molecule has 6 heteroatoms. The maximum Gasteiger partial charge on any atom is 0.314 e. The topological polar surface area (TPSA) is 44.4 Å². The molecule has 0 radical (unpaired) electrons. The van der Waals surface area contributed by atoms with Gasteiger partial charge in [-0.05, 0) is 33.2 Å². The van der Waals surface area contributed by atoms with Crippen molar-refractivity contribution in [3.05, 3.63) is 35.4 Å². The summed E-state index contributed by atoms with van der Waals surface area (Å²) in [4.78, 5) is 13.0. The number of nitrogens with one attached hydrogen (secondary N) is 2. The molecule has 0 aromatic heterocycles. The normalized spacial score (nSPS) is 12.3. The summed E-state index contributed by atoms with van der Waals surface area (Å²) in [6.45, 7) is 2.41. The molecule has 0 heterocycles. The van der Waals surface area contributed by atoms with Crippen LogP contribution in [0.1, 0.15) is 18.5 Å². The van der Waals surface area contributed by atoms with E-state index in [0.717, 1.165) is 0 Å². The molecule has 2 N–H and O–H groups in total. The first-order valence-corrected chi connectivity index (χ1v) is 6.09. The van der Waals surface area contributed by atoms with Crippen LogP contribution in [0.4, 0.5) is 13.6 Å². The lowest BCUT2D eigenvalue weighted by Gasteiger charge is -2.25. The maximum atomic E-state index is 13.7. The van der Waals surface area contributed by atoms with Crippen LogP contribution in [0, 0.1) is 11.6 Å². The molecular weight excluding hydrogens is 252 g/mol. The second-order valence-electron chi connectivity index (χ2n) is 4.36. The molecule has 0 saturated heterocycles. The largest absolute Gasteiger partial charge is 0.338 e. The van der Waals surface area contributed by atoms with E-state index in [0.29, 0.717) is 6.54 Å². The summed E-state index contributed by atoms with van der Waals surface area (Å²) in [5.41, 5.74) is -0.0377. The second kappa shape index (κ2) is 7.04. The molecule has 0 aliphatic rings. The van der Waals surface area contributed by atoms with E-state index in [-0.39, 0.29) is 18.1 Å².